The molecule has 112 valence electrons. The molecule has 5 N–H and O–H groups in total. The molecular formula is C8H22O7P2S. The summed E-state index contributed by atoms with van der Waals surface area (Å²) in [6.07, 6.45) is 0.594. The van der Waals surface area contributed by atoms with Crippen LogP contribution in [-0.4, -0.2) is 55.1 Å². The second-order valence-corrected chi connectivity index (χ2v) is 8.35. The maximum absolute atomic E-state index is 10.3. The molecule has 0 spiro atoms. The Morgan fingerprint density at radius 2 is 1.39 bits per heavy atom. The SMILES string of the molecule is CCSCCCP(=O)(O)O.O=P(O)(O)CCCO. The summed E-state index contributed by atoms with van der Waals surface area (Å²) in [5.74, 6) is 1.86. The zero-order valence-electron chi connectivity index (χ0n) is 10.3. The van der Waals surface area contributed by atoms with Crippen molar-refractivity contribution in [1.82, 2.24) is 0 Å². The summed E-state index contributed by atoms with van der Waals surface area (Å²) in [6, 6.07) is 0. The molecular weight excluding hydrogens is 302 g/mol. The zero-order valence-corrected chi connectivity index (χ0v) is 12.9. The number of thioether (sulfide) groups is 1. The molecule has 0 aromatic carbocycles. The van der Waals surface area contributed by atoms with Gasteiger partial charge in [0.25, 0.3) is 0 Å². The van der Waals surface area contributed by atoms with Crippen LogP contribution < -0.4 is 0 Å². The van der Waals surface area contributed by atoms with Crippen LogP contribution in [0.25, 0.3) is 0 Å². The van der Waals surface area contributed by atoms with Crippen LogP contribution in [0.4, 0.5) is 0 Å². The van der Waals surface area contributed by atoms with Crippen LogP contribution in [-0.2, 0) is 9.13 Å². The minimum atomic E-state index is -3.84. The second-order valence-electron chi connectivity index (χ2n) is 3.40. The Kier molecular flexibility index (Phi) is 13.3. The van der Waals surface area contributed by atoms with Crippen molar-refractivity contribution in [3.63, 3.8) is 0 Å². The molecule has 0 amide bonds. The van der Waals surface area contributed by atoms with Gasteiger partial charge in [-0.15, -0.1) is 0 Å². The lowest BCUT2D eigenvalue weighted by atomic mass is 10.5. The van der Waals surface area contributed by atoms with E-state index < -0.39 is 15.2 Å². The normalized spacial score (nSPS) is 11.9. The number of hydrogen-bond acceptors (Lipinski definition) is 4. The second kappa shape index (κ2) is 11.4. The third-order valence-electron chi connectivity index (χ3n) is 1.55. The summed E-state index contributed by atoms with van der Waals surface area (Å²) in [7, 11) is -7.56. The standard InChI is InChI=1S/C5H13O3PS.C3H9O4P/c1-2-10-5-3-4-9(6,7)8;4-2-1-3-8(5,6)7/h2-5H2,1H3,(H2,6,7,8);4H,1-3H2,(H2,5,6,7). The van der Waals surface area contributed by atoms with Crippen LogP contribution in [0.1, 0.15) is 19.8 Å². The van der Waals surface area contributed by atoms with Gasteiger partial charge in [0.15, 0.2) is 0 Å². The topological polar surface area (TPSA) is 135 Å². The average molecular weight is 324 g/mol. The highest BCUT2D eigenvalue weighted by Gasteiger charge is 2.11. The van der Waals surface area contributed by atoms with Crippen molar-refractivity contribution in [2.45, 2.75) is 19.8 Å². The van der Waals surface area contributed by atoms with E-state index in [1.807, 2.05) is 6.92 Å². The third kappa shape index (κ3) is 25.5. The first-order valence-corrected chi connectivity index (χ1v) is 10.1. The summed E-state index contributed by atoms with van der Waals surface area (Å²) in [5, 5.41) is 8.09. The van der Waals surface area contributed by atoms with Crippen LogP contribution in [0.15, 0.2) is 0 Å². The van der Waals surface area contributed by atoms with Crippen LogP contribution >= 0.6 is 27.0 Å². The van der Waals surface area contributed by atoms with E-state index in [-0.39, 0.29) is 25.4 Å². The van der Waals surface area contributed by atoms with Crippen molar-refractivity contribution in [2.24, 2.45) is 0 Å². The van der Waals surface area contributed by atoms with Gasteiger partial charge in [-0.3, -0.25) is 9.13 Å². The van der Waals surface area contributed by atoms with Crippen molar-refractivity contribution in [3.05, 3.63) is 0 Å². The van der Waals surface area contributed by atoms with Gasteiger partial charge in [-0.2, -0.15) is 11.8 Å². The first-order chi connectivity index (χ1) is 8.12. The van der Waals surface area contributed by atoms with E-state index in [9.17, 15) is 9.13 Å². The monoisotopic (exact) mass is 324 g/mol. The van der Waals surface area contributed by atoms with Gasteiger partial charge in [-0.1, -0.05) is 6.92 Å². The van der Waals surface area contributed by atoms with Gasteiger partial charge in [-0.25, -0.2) is 0 Å². The number of hydrogen-bond donors (Lipinski definition) is 5. The molecule has 0 rings (SSSR count). The Morgan fingerprint density at radius 1 is 0.944 bits per heavy atom. The molecule has 0 aliphatic rings. The van der Waals surface area contributed by atoms with Crippen molar-refractivity contribution in [3.8, 4) is 0 Å². The zero-order chi connectivity index (χ0) is 14.7. The predicted octanol–water partition coefficient (Wildman–Crippen LogP) is 0.854. The molecule has 18 heavy (non-hydrogen) atoms. The molecule has 0 fully saturated rings. The van der Waals surface area contributed by atoms with E-state index in [4.69, 9.17) is 24.7 Å². The summed E-state index contributed by atoms with van der Waals surface area (Å²) in [4.78, 5) is 33.1. The van der Waals surface area contributed by atoms with Gasteiger partial charge in [0.1, 0.15) is 0 Å². The first-order valence-electron chi connectivity index (χ1n) is 5.40. The van der Waals surface area contributed by atoms with Gasteiger partial charge in [0, 0.05) is 6.61 Å². The molecule has 10 heteroatoms. The Morgan fingerprint density at radius 3 is 1.67 bits per heavy atom. The molecule has 0 bridgehead atoms. The highest BCUT2D eigenvalue weighted by Crippen LogP contribution is 2.35. The van der Waals surface area contributed by atoms with Crippen LogP contribution in [0.3, 0.4) is 0 Å². The minimum Gasteiger partial charge on any atom is -0.396 e. The van der Waals surface area contributed by atoms with Gasteiger partial charge in [0.2, 0.25) is 0 Å². The molecule has 0 aromatic heterocycles. The molecule has 0 aliphatic carbocycles. The van der Waals surface area contributed by atoms with Crippen LogP contribution in [0.2, 0.25) is 0 Å². The summed E-state index contributed by atoms with van der Waals surface area (Å²) >= 11 is 1.71. The Bertz CT molecular complexity index is 275. The first kappa shape index (κ1) is 20.9. The minimum absolute atomic E-state index is 0.0278. The highest BCUT2D eigenvalue weighted by molar-refractivity contribution is 7.99. The average Bonchev–Trinajstić information content (AvgIpc) is 2.20. The molecule has 0 saturated carbocycles. The Balaban J connectivity index is 0. The summed E-state index contributed by atoms with van der Waals surface area (Å²) < 4.78 is 20.3. The molecule has 0 atom stereocenters. The van der Waals surface area contributed by atoms with E-state index in [0.29, 0.717) is 6.42 Å². The number of aliphatic hydroxyl groups excluding tert-OH is 1. The van der Waals surface area contributed by atoms with Crippen molar-refractivity contribution in [1.29, 1.82) is 0 Å². The predicted molar refractivity (Wildman–Crippen MR) is 73.1 cm³/mol. The lowest BCUT2D eigenvalue weighted by Crippen LogP contribution is -1.90. The van der Waals surface area contributed by atoms with E-state index in [2.05, 4.69) is 0 Å². The quantitative estimate of drug-likeness (QED) is 0.327. The molecule has 0 unspecified atom stereocenters. The van der Waals surface area contributed by atoms with Gasteiger partial charge >= 0.3 is 15.2 Å². The number of aliphatic hydroxyl groups is 1. The van der Waals surface area contributed by atoms with E-state index >= 15 is 0 Å². The lowest BCUT2D eigenvalue weighted by molar-refractivity contribution is 0.289. The maximum Gasteiger partial charge on any atom is 0.325 e. The summed E-state index contributed by atoms with van der Waals surface area (Å²) in [5.41, 5.74) is 0. The summed E-state index contributed by atoms with van der Waals surface area (Å²) in [6.45, 7) is 1.87. The van der Waals surface area contributed by atoms with Gasteiger partial charge in [0.05, 0.1) is 12.3 Å². The highest BCUT2D eigenvalue weighted by atomic mass is 32.2. The van der Waals surface area contributed by atoms with Crippen LogP contribution in [0.5, 0.6) is 0 Å². The molecule has 0 saturated heterocycles. The van der Waals surface area contributed by atoms with Crippen LogP contribution in [0, 0.1) is 0 Å². The van der Waals surface area contributed by atoms with Crippen molar-refractivity contribution in [2.75, 3.05) is 30.4 Å². The van der Waals surface area contributed by atoms with Crippen molar-refractivity contribution < 1.29 is 33.8 Å². The van der Waals surface area contributed by atoms with E-state index in [1.54, 1.807) is 11.8 Å². The Labute approximate surface area is 111 Å². The van der Waals surface area contributed by atoms with E-state index in [0.717, 1.165) is 11.5 Å². The van der Waals surface area contributed by atoms with Gasteiger partial charge in [-0.05, 0) is 24.3 Å². The lowest BCUT2D eigenvalue weighted by Gasteiger charge is -2.01. The van der Waals surface area contributed by atoms with E-state index in [1.165, 1.54) is 0 Å². The number of rotatable bonds is 8. The van der Waals surface area contributed by atoms with Crippen molar-refractivity contribution >= 4 is 27.0 Å². The molecule has 0 aromatic rings. The smallest absolute Gasteiger partial charge is 0.325 e. The molecule has 7 nitrogen and oxygen atoms in total. The van der Waals surface area contributed by atoms with Gasteiger partial charge < -0.3 is 24.7 Å². The fourth-order valence-electron chi connectivity index (χ4n) is 0.794. The molecule has 0 radical (unpaired) electrons. The molecule has 0 heterocycles. The molecule has 0 aliphatic heterocycles. The Hall–Kier alpha value is 0.610. The third-order valence-corrected chi connectivity index (χ3v) is 4.33. The fraction of sp³-hybridized carbons (Fsp3) is 1.00. The fourth-order valence-corrected chi connectivity index (χ4v) is 2.77. The largest absolute Gasteiger partial charge is 0.396 e. The maximum atomic E-state index is 10.3.